The van der Waals surface area contributed by atoms with E-state index in [0.29, 0.717) is 6.42 Å². The van der Waals surface area contributed by atoms with Crippen molar-refractivity contribution in [3.8, 4) is 0 Å². The summed E-state index contributed by atoms with van der Waals surface area (Å²) in [5.74, 6) is 1.59. The molecule has 1 unspecified atom stereocenters. The molecule has 0 bridgehead atoms. The maximum atomic E-state index is 12.4. The Kier molecular flexibility index (Phi) is 28.8. The Hall–Kier alpha value is -1.42. The van der Waals surface area contributed by atoms with Crippen LogP contribution in [0.4, 0.5) is 0 Å². The number of quaternary nitrogens is 1. The third kappa shape index (κ3) is 25.4. The number of allylic oxidation sites excluding steroid dienone is 4. The second kappa shape index (κ2) is 31.2. The summed E-state index contributed by atoms with van der Waals surface area (Å²) in [5, 5.41) is 3.20. The van der Waals surface area contributed by atoms with Crippen molar-refractivity contribution < 1.29 is 9.28 Å². The highest BCUT2D eigenvalue weighted by atomic mass is 16.1. The van der Waals surface area contributed by atoms with Crippen molar-refractivity contribution >= 4 is 11.7 Å². The van der Waals surface area contributed by atoms with Gasteiger partial charge >= 0.3 is 0 Å². The van der Waals surface area contributed by atoms with Crippen LogP contribution in [0.5, 0.6) is 0 Å². The van der Waals surface area contributed by atoms with Crippen molar-refractivity contribution in [1.29, 1.82) is 0 Å². The number of likely N-dealkylation sites (N-methyl/N-ethyl adjacent to an activating group) is 1. The lowest BCUT2D eigenvalue weighted by Gasteiger charge is -2.30. The zero-order valence-corrected chi connectivity index (χ0v) is 30.7. The van der Waals surface area contributed by atoms with Crippen LogP contribution < -0.4 is 5.32 Å². The van der Waals surface area contributed by atoms with Gasteiger partial charge in [0.25, 0.3) is 0 Å². The molecule has 0 aromatic rings. The molecule has 0 saturated carbocycles. The predicted molar refractivity (Wildman–Crippen MR) is 200 cm³/mol. The first-order chi connectivity index (χ1) is 22.1. The molecule has 0 aromatic carbocycles. The van der Waals surface area contributed by atoms with Gasteiger partial charge in [-0.05, 0) is 64.2 Å². The first-order valence-corrected chi connectivity index (χ1v) is 20.1. The Balaban J connectivity index is 1.95. The lowest BCUT2D eigenvalue weighted by molar-refractivity contribution is -0.814. The van der Waals surface area contributed by atoms with Crippen LogP contribution in [0.2, 0.25) is 0 Å². The second-order valence-corrected chi connectivity index (χ2v) is 14.2. The molecule has 1 atom stereocenters. The molecule has 0 saturated heterocycles. The number of amidine groups is 1. The lowest BCUT2D eigenvalue weighted by Crippen LogP contribution is -2.51. The highest BCUT2D eigenvalue weighted by Gasteiger charge is 2.32. The molecule has 1 rings (SSSR count). The smallest absolute Gasteiger partial charge is 0.220 e. The van der Waals surface area contributed by atoms with Crippen LogP contribution in [0, 0.1) is 0 Å². The highest BCUT2D eigenvalue weighted by molar-refractivity contribution is 5.77. The number of hydrogen-bond acceptors (Lipinski definition) is 2. The van der Waals surface area contributed by atoms with Gasteiger partial charge in [0, 0.05) is 12.8 Å². The van der Waals surface area contributed by atoms with Crippen molar-refractivity contribution in [3.63, 3.8) is 0 Å². The van der Waals surface area contributed by atoms with Gasteiger partial charge in [-0.3, -0.25) is 9.28 Å². The van der Waals surface area contributed by atoms with Gasteiger partial charge in [-0.2, -0.15) is 0 Å². The average Bonchev–Trinajstić information content (AvgIpc) is 3.40. The van der Waals surface area contributed by atoms with Crippen LogP contribution in [0.1, 0.15) is 194 Å². The summed E-state index contributed by atoms with van der Waals surface area (Å²) in [4.78, 5) is 17.3. The highest BCUT2D eigenvalue weighted by Crippen LogP contribution is 2.18. The molecular weight excluding hydrogens is 550 g/mol. The number of nitrogens with zero attached hydrogens (tertiary/aromatic N) is 2. The molecule has 262 valence electrons. The van der Waals surface area contributed by atoms with Gasteiger partial charge in [0.05, 0.1) is 20.1 Å². The van der Waals surface area contributed by atoms with E-state index in [9.17, 15) is 4.79 Å². The van der Waals surface area contributed by atoms with E-state index in [4.69, 9.17) is 4.99 Å². The Morgan fingerprint density at radius 3 is 1.53 bits per heavy atom. The summed E-state index contributed by atoms with van der Waals surface area (Å²) in [6.45, 7) is 8.34. The van der Waals surface area contributed by atoms with Crippen LogP contribution >= 0.6 is 0 Å². The first kappa shape index (κ1) is 41.6. The van der Waals surface area contributed by atoms with Gasteiger partial charge < -0.3 is 5.32 Å². The molecule has 0 aromatic heterocycles. The van der Waals surface area contributed by atoms with E-state index in [0.717, 1.165) is 43.5 Å². The fraction of sp³-hybridized carbons (Fsp3) is 0.854. The summed E-state index contributed by atoms with van der Waals surface area (Å²) in [6.07, 6.45) is 45.7. The maximum Gasteiger partial charge on any atom is 0.220 e. The first-order valence-electron chi connectivity index (χ1n) is 20.1. The topological polar surface area (TPSA) is 41.5 Å². The summed E-state index contributed by atoms with van der Waals surface area (Å²) in [7, 11) is 2.32. The molecule has 0 fully saturated rings. The fourth-order valence-corrected chi connectivity index (χ4v) is 6.53. The van der Waals surface area contributed by atoms with E-state index >= 15 is 0 Å². The number of aliphatic imine (C=N–C) groups is 1. The molecule has 4 nitrogen and oxygen atoms in total. The molecule has 1 N–H and O–H groups in total. The van der Waals surface area contributed by atoms with Crippen molar-refractivity contribution in [2.75, 3.05) is 33.2 Å². The third-order valence-corrected chi connectivity index (χ3v) is 9.77. The third-order valence-electron chi connectivity index (χ3n) is 9.77. The van der Waals surface area contributed by atoms with Crippen molar-refractivity contribution in [2.24, 2.45) is 4.99 Å². The standard InChI is InChI=1S/C41H77N3O/c1-4-6-8-10-12-14-16-18-20-22-24-26-28-30-32-34-40-42-36-38-44(40,3)39-37-43-41(45)35-33-31-29-27-25-23-21-19-17-15-13-11-9-7-5-2/h18-21H,4-17,22-39H2,1-3H3/p+1. The maximum absolute atomic E-state index is 12.4. The molecule has 0 spiro atoms. The van der Waals surface area contributed by atoms with Crippen LogP contribution in [0.25, 0.3) is 0 Å². The Morgan fingerprint density at radius 2 is 1.04 bits per heavy atom. The van der Waals surface area contributed by atoms with E-state index in [1.165, 1.54) is 166 Å². The minimum absolute atomic E-state index is 0.231. The molecular formula is C41H78N3O+. The van der Waals surface area contributed by atoms with Gasteiger partial charge in [-0.15, -0.1) is 0 Å². The average molecular weight is 629 g/mol. The van der Waals surface area contributed by atoms with E-state index in [1.807, 2.05) is 0 Å². The minimum atomic E-state index is 0.231. The summed E-state index contributed by atoms with van der Waals surface area (Å²) in [5.41, 5.74) is 0. The zero-order valence-electron chi connectivity index (χ0n) is 30.7. The Bertz CT molecular complexity index is 758. The normalized spacial score (nSPS) is 16.7. The number of rotatable bonds is 33. The van der Waals surface area contributed by atoms with Gasteiger partial charge in [0.2, 0.25) is 5.91 Å². The number of carbonyl (C=O) groups is 1. The van der Waals surface area contributed by atoms with E-state index in [2.05, 4.69) is 50.5 Å². The zero-order chi connectivity index (χ0) is 32.5. The lowest BCUT2D eigenvalue weighted by atomic mass is 10.1. The van der Waals surface area contributed by atoms with Crippen molar-refractivity contribution in [1.82, 2.24) is 5.32 Å². The number of nitrogens with one attached hydrogen (secondary N) is 1. The second-order valence-electron chi connectivity index (χ2n) is 14.2. The van der Waals surface area contributed by atoms with Crippen molar-refractivity contribution in [3.05, 3.63) is 24.3 Å². The Labute approximate surface area is 282 Å². The fourth-order valence-electron chi connectivity index (χ4n) is 6.53. The molecule has 45 heavy (non-hydrogen) atoms. The van der Waals surface area contributed by atoms with Gasteiger partial charge in [-0.1, -0.05) is 141 Å². The van der Waals surface area contributed by atoms with Crippen molar-refractivity contribution in [2.45, 2.75) is 194 Å². The van der Waals surface area contributed by atoms with E-state index in [-0.39, 0.29) is 5.91 Å². The van der Waals surface area contributed by atoms with Crippen LogP contribution in [-0.2, 0) is 4.79 Å². The Morgan fingerprint density at radius 1 is 0.622 bits per heavy atom. The molecule has 1 aliphatic heterocycles. The van der Waals surface area contributed by atoms with Gasteiger partial charge in [0.1, 0.15) is 13.1 Å². The molecule has 0 aliphatic carbocycles. The predicted octanol–water partition coefficient (Wildman–Crippen LogP) is 12.0. The SMILES string of the molecule is CCCCCCCCC=CCCCCCCCC(=O)NCC[N+]1(C)CCN=C1CCCCCCCC=CCCCCCCCC. The monoisotopic (exact) mass is 629 g/mol. The molecule has 0 radical (unpaired) electrons. The molecule has 1 heterocycles. The van der Waals surface area contributed by atoms with Gasteiger partial charge in [0.15, 0.2) is 5.84 Å². The van der Waals surface area contributed by atoms with Crippen LogP contribution in [-0.4, -0.2) is 49.5 Å². The summed E-state index contributed by atoms with van der Waals surface area (Å²) < 4.78 is 0.928. The van der Waals surface area contributed by atoms with E-state index < -0.39 is 0 Å². The number of carbonyl (C=O) groups excluding carboxylic acids is 1. The van der Waals surface area contributed by atoms with Crippen LogP contribution in [0.15, 0.2) is 29.3 Å². The largest absolute Gasteiger partial charge is 0.350 e. The molecule has 1 aliphatic rings. The minimum Gasteiger partial charge on any atom is -0.350 e. The van der Waals surface area contributed by atoms with E-state index in [1.54, 1.807) is 0 Å². The molecule has 4 heteroatoms. The molecule has 1 amide bonds. The summed E-state index contributed by atoms with van der Waals surface area (Å²) >= 11 is 0. The number of hydrogen-bond donors (Lipinski definition) is 1. The quantitative estimate of drug-likeness (QED) is 0.0438. The number of unbranched alkanes of at least 4 members (excludes halogenated alkanes) is 22. The number of amides is 1. The summed E-state index contributed by atoms with van der Waals surface area (Å²) in [6, 6.07) is 0. The van der Waals surface area contributed by atoms with Crippen LogP contribution in [0.3, 0.4) is 0 Å². The van der Waals surface area contributed by atoms with Gasteiger partial charge in [-0.25, -0.2) is 4.99 Å².